The third-order valence-electron chi connectivity index (χ3n) is 3.02. The van der Waals surface area contributed by atoms with Crippen LogP contribution in [0.1, 0.15) is 35.2 Å². The van der Waals surface area contributed by atoms with Crippen molar-refractivity contribution in [3.63, 3.8) is 0 Å². The van der Waals surface area contributed by atoms with Crippen molar-refractivity contribution < 1.29 is 4.79 Å². The van der Waals surface area contributed by atoms with Crippen LogP contribution in [0.25, 0.3) is 0 Å². The van der Waals surface area contributed by atoms with Crippen LogP contribution >= 0.6 is 0 Å². The maximum atomic E-state index is 12.2. The van der Waals surface area contributed by atoms with Gasteiger partial charge >= 0.3 is 0 Å². The summed E-state index contributed by atoms with van der Waals surface area (Å²) in [6.45, 7) is 4.62. The second-order valence-corrected chi connectivity index (χ2v) is 4.36. The third-order valence-corrected chi connectivity index (χ3v) is 3.02. The quantitative estimate of drug-likeness (QED) is 0.755. The van der Waals surface area contributed by atoms with Crippen LogP contribution in [0.2, 0.25) is 0 Å². The molecule has 0 N–H and O–H groups in total. The molecule has 5 nitrogen and oxygen atoms in total. The van der Waals surface area contributed by atoms with Gasteiger partial charge < -0.3 is 0 Å². The lowest BCUT2D eigenvalue weighted by molar-refractivity contribution is 0.0972. The molecule has 5 heteroatoms. The molecule has 2 aromatic heterocycles. The van der Waals surface area contributed by atoms with Gasteiger partial charge in [-0.3, -0.25) is 14.2 Å². The Hall–Kier alpha value is -1.91. The van der Waals surface area contributed by atoms with E-state index in [-0.39, 0.29) is 5.78 Å². The van der Waals surface area contributed by atoms with Gasteiger partial charge in [0.1, 0.15) is 5.69 Å². The molecule has 0 saturated carbocycles. The first-order chi connectivity index (χ1) is 8.61. The van der Waals surface area contributed by atoms with Crippen molar-refractivity contribution in [2.75, 3.05) is 0 Å². The Kier molecular flexibility index (Phi) is 3.60. The highest BCUT2D eigenvalue weighted by Gasteiger charge is 2.13. The molecule has 0 aliphatic heterocycles. The Bertz CT molecular complexity index is 553. The number of carbonyl (C=O) groups excluding carboxylic acids is 1. The second-order valence-electron chi connectivity index (χ2n) is 4.36. The maximum Gasteiger partial charge on any atom is 0.181 e. The standard InChI is InChI=1S/C13H18N4O/c1-4-17-12(9-10(2)15-17)13(18)6-5-11-7-8-14-16(11)3/h7-9H,4-6H2,1-3H3. The van der Waals surface area contributed by atoms with Crippen molar-refractivity contribution in [2.45, 2.75) is 33.2 Å². The van der Waals surface area contributed by atoms with Crippen molar-refractivity contribution in [2.24, 2.45) is 7.05 Å². The van der Waals surface area contributed by atoms with Crippen LogP contribution in [0.3, 0.4) is 0 Å². The highest BCUT2D eigenvalue weighted by Crippen LogP contribution is 2.10. The number of hydrogen-bond donors (Lipinski definition) is 0. The van der Waals surface area contributed by atoms with Gasteiger partial charge in [0, 0.05) is 31.9 Å². The van der Waals surface area contributed by atoms with Crippen LogP contribution in [0.15, 0.2) is 18.3 Å². The van der Waals surface area contributed by atoms with Crippen molar-refractivity contribution >= 4 is 5.78 Å². The molecule has 0 bridgehead atoms. The highest BCUT2D eigenvalue weighted by molar-refractivity contribution is 5.94. The largest absolute Gasteiger partial charge is 0.292 e. The average molecular weight is 246 g/mol. The fraction of sp³-hybridized carbons (Fsp3) is 0.462. The number of hydrogen-bond acceptors (Lipinski definition) is 3. The SMILES string of the molecule is CCn1nc(C)cc1C(=O)CCc1ccnn1C. The molecule has 0 saturated heterocycles. The Labute approximate surface area is 106 Å². The van der Waals surface area contributed by atoms with Gasteiger partial charge in [-0.25, -0.2) is 0 Å². The van der Waals surface area contributed by atoms with E-state index in [2.05, 4.69) is 10.2 Å². The summed E-state index contributed by atoms with van der Waals surface area (Å²) in [4.78, 5) is 12.2. The summed E-state index contributed by atoms with van der Waals surface area (Å²) >= 11 is 0. The van der Waals surface area contributed by atoms with Gasteiger partial charge in [-0.1, -0.05) is 0 Å². The van der Waals surface area contributed by atoms with Crippen LogP contribution in [-0.2, 0) is 20.0 Å². The van der Waals surface area contributed by atoms with E-state index in [0.717, 1.165) is 17.9 Å². The third kappa shape index (κ3) is 2.50. The van der Waals surface area contributed by atoms with Crippen molar-refractivity contribution in [3.05, 3.63) is 35.4 Å². The van der Waals surface area contributed by atoms with Crippen LogP contribution in [0, 0.1) is 6.92 Å². The van der Waals surface area contributed by atoms with Crippen LogP contribution < -0.4 is 0 Å². The van der Waals surface area contributed by atoms with Gasteiger partial charge in [-0.2, -0.15) is 10.2 Å². The molecule has 0 aromatic carbocycles. The Morgan fingerprint density at radius 3 is 2.83 bits per heavy atom. The van der Waals surface area contributed by atoms with Gasteiger partial charge in [0.2, 0.25) is 0 Å². The number of rotatable bonds is 5. The molecule has 0 spiro atoms. The van der Waals surface area contributed by atoms with Crippen LogP contribution in [0.5, 0.6) is 0 Å². The minimum absolute atomic E-state index is 0.138. The molecule has 2 rings (SSSR count). The zero-order valence-corrected chi connectivity index (χ0v) is 11.1. The van der Waals surface area contributed by atoms with Crippen molar-refractivity contribution in [3.8, 4) is 0 Å². The zero-order chi connectivity index (χ0) is 13.1. The fourth-order valence-electron chi connectivity index (χ4n) is 2.03. The number of Topliss-reactive ketones (excluding diaryl/α,β-unsaturated/α-hetero) is 1. The summed E-state index contributed by atoms with van der Waals surface area (Å²) in [7, 11) is 1.89. The van der Waals surface area contributed by atoms with Gasteiger partial charge in [-0.15, -0.1) is 0 Å². The lowest BCUT2D eigenvalue weighted by atomic mass is 10.1. The lowest BCUT2D eigenvalue weighted by Gasteiger charge is -2.04. The van der Waals surface area contributed by atoms with Gasteiger partial charge in [0.25, 0.3) is 0 Å². The van der Waals surface area contributed by atoms with E-state index in [1.165, 1.54) is 0 Å². The molecule has 18 heavy (non-hydrogen) atoms. The first kappa shape index (κ1) is 12.5. The van der Waals surface area contributed by atoms with Gasteiger partial charge in [-0.05, 0) is 32.4 Å². The number of carbonyl (C=O) groups is 1. The number of nitrogens with zero attached hydrogens (tertiary/aromatic N) is 4. The molecule has 0 aliphatic rings. The molecular weight excluding hydrogens is 228 g/mol. The zero-order valence-electron chi connectivity index (χ0n) is 11.1. The molecule has 0 aliphatic carbocycles. The number of aryl methyl sites for hydroxylation is 4. The monoisotopic (exact) mass is 246 g/mol. The lowest BCUT2D eigenvalue weighted by Crippen LogP contribution is -2.11. The van der Waals surface area contributed by atoms with Crippen LogP contribution in [0.4, 0.5) is 0 Å². The van der Waals surface area contributed by atoms with E-state index in [0.29, 0.717) is 18.5 Å². The van der Waals surface area contributed by atoms with Crippen molar-refractivity contribution in [1.82, 2.24) is 19.6 Å². The minimum Gasteiger partial charge on any atom is -0.292 e. The maximum absolute atomic E-state index is 12.2. The smallest absolute Gasteiger partial charge is 0.181 e. The summed E-state index contributed by atoms with van der Waals surface area (Å²) < 4.78 is 3.57. The fourth-order valence-corrected chi connectivity index (χ4v) is 2.03. The molecule has 0 atom stereocenters. The summed E-state index contributed by atoms with van der Waals surface area (Å²) in [6, 6.07) is 3.80. The minimum atomic E-state index is 0.138. The molecule has 0 amide bonds. The summed E-state index contributed by atoms with van der Waals surface area (Å²) in [5, 5.41) is 8.38. The molecule has 0 radical (unpaired) electrons. The van der Waals surface area contributed by atoms with E-state index in [1.807, 2.05) is 33.0 Å². The number of aromatic nitrogens is 4. The second kappa shape index (κ2) is 5.16. The Morgan fingerprint density at radius 1 is 1.44 bits per heavy atom. The molecule has 0 fully saturated rings. The Balaban J connectivity index is 2.06. The number of ketones is 1. The average Bonchev–Trinajstić information content (AvgIpc) is 2.92. The van der Waals surface area contributed by atoms with Gasteiger partial charge in [0.15, 0.2) is 5.78 Å². The van der Waals surface area contributed by atoms with E-state index >= 15 is 0 Å². The summed E-state index contributed by atoms with van der Waals surface area (Å²) in [5.41, 5.74) is 2.67. The highest BCUT2D eigenvalue weighted by atomic mass is 16.1. The van der Waals surface area contributed by atoms with Crippen molar-refractivity contribution in [1.29, 1.82) is 0 Å². The van der Waals surface area contributed by atoms with E-state index < -0.39 is 0 Å². The molecule has 2 aromatic rings. The summed E-state index contributed by atoms with van der Waals surface area (Å²) in [5.74, 6) is 0.138. The van der Waals surface area contributed by atoms with E-state index in [1.54, 1.807) is 15.6 Å². The molecule has 0 unspecified atom stereocenters. The predicted molar refractivity (Wildman–Crippen MR) is 68.5 cm³/mol. The normalized spacial score (nSPS) is 10.8. The topological polar surface area (TPSA) is 52.7 Å². The van der Waals surface area contributed by atoms with Crippen LogP contribution in [-0.4, -0.2) is 25.3 Å². The first-order valence-electron chi connectivity index (χ1n) is 6.16. The molecular formula is C13H18N4O. The first-order valence-corrected chi connectivity index (χ1v) is 6.16. The van der Waals surface area contributed by atoms with E-state index in [4.69, 9.17) is 0 Å². The predicted octanol–water partition coefficient (Wildman–Crippen LogP) is 1.76. The summed E-state index contributed by atoms with van der Waals surface area (Å²) in [6.07, 6.45) is 2.95. The van der Waals surface area contributed by atoms with Gasteiger partial charge in [0.05, 0.1) is 5.69 Å². The Morgan fingerprint density at radius 2 is 2.22 bits per heavy atom. The molecule has 96 valence electrons. The molecule has 2 heterocycles. The van der Waals surface area contributed by atoms with E-state index in [9.17, 15) is 4.79 Å².